The van der Waals surface area contributed by atoms with Crippen molar-refractivity contribution in [2.24, 2.45) is 0 Å². The van der Waals surface area contributed by atoms with Gasteiger partial charge in [-0.05, 0) is 42.5 Å². The van der Waals surface area contributed by atoms with Crippen LogP contribution in [0.3, 0.4) is 0 Å². The number of hydrogen-bond acceptors (Lipinski definition) is 7. The van der Waals surface area contributed by atoms with Gasteiger partial charge in [0.2, 0.25) is 5.75 Å². The Morgan fingerprint density at radius 1 is 0.943 bits per heavy atom. The van der Waals surface area contributed by atoms with Crippen molar-refractivity contribution in [1.82, 2.24) is 4.90 Å². The lowest BCUT2D eigenvalue weighted by Gasteiger charge is -2.36. The maximum atomic E-state index is 12.9. The number of carbonyl (C=O) groups excluding carboxylic acids is 2. The predicted molar refractivity (Wildman–Crippen MR) is 132 cm³/mol. The Labute approximate surface area is 208 Å². The van der Waals surface area contributed by atoms with Gasteiger partial charge in [-0.25, -0.2) is 0 Å². The molecule has 2 amide bonds. The minimum Gasteiger partial charge on any atom is -0.493 e. The fourth-order valence-electron chi connectivity index (χ4n) is 3.96. The van der Waals surface area contributed by atoms with E-state index in [4.69, 9.17) is 30.2 Å². The Kier molecular flexibility index (Phi) is 7.36. The lowest BCUT2D eigenvalue weighted by atomic mass is 10.1. The first-order chi connectivity index (χ1) is 16.9. The van der Waals surface area contributed by atoms with Crippen molar-refractivity contribution in [2.45, 2.75) is 0 Å². The zero-order valence-electron chi connectivity index (χ0n) is 19.7. The van der Waals surface area contributed by atoms with Gasteiger partial charge in [-0.3, -0.25) is 9.59 Å². The summed E-state index contributed by atoms with van der Waals surface area (Å²) < 4.78 is 21.2. The molecule has 0 aliphatic carbocycles. The van der Waals surface area contributed by atoms with E-state index in [1.54, 1.807) is 41.3 Å². The SMILES string of the molecule is COc1cc(C(=O)Nc2ccc(N3CCN(C(=O)c4ccco4)CC3)c(Cl)c2)cc(OC)c1OC. The normalized spacial score (nSPS) is 13.4. The van der Waals surface area contributed by atoms with Crippen LogP contribution in [-0.2, 0) is 0 Å². The van der Waals surface area contributed by atoms with Crippen molar-refractivity contribution in [1.29, 1.82) is 0 Å². The average Bonchev–Trinajstić information content (AvgIpc) is 3.42. The lowest BCUT2D eigenvalue weighted by Crippen LogP contribution is -2.48. The first kappa shape index (κ1) is 24.3. The number of halogens is 1. The summed E-state index contributed by atoms with van der Waals surface area (Å²) in [5, 5.41) is 3.35. The number of nitrogens with zero attached hydrogens (tertiary/aromatic N) is 2. The topological polar surface area (TPSA) is 93.5 Å². The van der Waals surface area contributed by atoms with Gasteiger partial charge < -0.3 is 33.7 Å². The number of methoxy groups -OCH3 is 3. The van der Waals surface area contributed by atoms with Crippen LogP contribution in [0.5, 0.6) is 17.2 Å². The van der Waals surface area contributed by atoms with Crippen LogP contribution >= 0.6 is 11.6 Å². The van der Waals surface area contributed by atoms with Gasteiger partial charge in [-0.2, -0.15) is 0 Å². The minimum absolute atomic E-state index is 0.120. The van der Waals surface area contributed by atoms with Crippen LogP contribution in [0, 0.1) is 0 Å². The number of amides is 2. The van der Waals surface area contributed by atoms with E-state index in [-0.39, 0.29) is 11.8 Å². The predicted octanol–water partition coefficient (Wildman–Crippen LogP) is 4.17. The van der Waals surface area contributed by atoms with Crippen molar-refractivity contribution in [3.63, 3.8) is 0 Å². The summed E-state index contributed by atoms with van der Waals surface area (Å²) in [7, 11) is 4.48. The lowest BCUT2D eigenvalue weighted by molar-refractivity contribution is 0.0714. The number of rotatable bonds is 7. The molecule has 1 aromatic heterocycles. The highest BCUT2D eigenvalue weighted by atomic mass is 35.5. The molecule has 1 fully saturated rings. The highest BCUT2D eigenvalue weighted by Gasteiger charge is 2.25. The molecule has 184 valence electrons. The molecular weight excluding hydrogens is 474 g/mol. The second-order valence-electron chi connectivity index (χ2n) is 7.79. The summed E-state index contributed by atoms with van der Waals surface area (Å²) >= 11 is 6.56. The van der Waals surface area contributed by atoms with Crippen LogP contribution in [0.25, 0.3) is 0 Å². The number of carbonyl (C=O) groups is 2. The first-order valence-corrected chi connectivity index (χ1v) is 11.3. The molecule has 2 aromatic carbocycles. The summed E-state index contributed by atoms with van der Waals surface area (Å²) in [5.41, 5.74) is 1.73. The van der Waals surface area contributed by atoms with Gasteiger partial charge in [0.1, 0.15) is 0 Å². The molecule has 2 heterocycles. The van der Waals surface area contributed by atoms with Crippen molar-refractivity contribution in [3.05, 3.63) is 65.1 Å². The maximum absolute atomic E-state index is 12.9. The molecule has 1 aliphatic heterocycles. The van der Waals surface area contributed by atoms with E-state index in [0.717, 1.165) is 5.69 Å². The summed E-state index contributed by atoms with van der Waals surface area (Å²) in [6.07, 6.45) is 1.49. The zero-order chi connectivity index (χ0) is 24.9. The smallest absolute Gasteiger partial charge is 0.289 e. The molecule has 1 aliphatic rings. The molecule has 35 heavy (non-hydrogen) atoms. The van der Waals surface area contributed by atoms with Gasteiger partial charge >= 0.3 is 0 Å². The number of ether oxygens (including phenoxy) is 3. The summed E-state index contributed by atoms with van der Waals surface area (Å²) in [5.74, 6) is 1.04. The highest BCUT2D eigenvalue weighted by molar-refractivity contribution is 6.33. The number of benzene rings is 2. The van der Waals surface area contributed by atoms with E-state index in [0.29, 0.717) is 65.5 Å². The van der Waals surface area contributed by atoms with Crippen molar-refractivity contribution in [2.75, 3.05) is 57.7 Å². The van der Waals surface area contributed by atoms with Gasteiger partial charge in [0.25, 0.3) is 11.8 Å². The molecule has 0 atom stereocenters. The van der Waals surface area contributed by atoms with Crippen LogP contribution in [0.2, 0.25) is 5.02 Å². The number of anilines is 2. The second kappa shape index (κ2) is 10.6. The standard InChI is InChI=1S/C25H26ClN3O6/c1-32-21-13-16(14-22(33-2)23(21)34-3)24(30)27-17-6-7-19(18(26)15-17)28-8-10-29(11-9-28)25(31)20-5-4-12-35-20/h4-7,12-15H,8-11H2,1-3H3,(H,27,30). The van der Waals surface area contributed by atoms with Crippen molar-refractivity contribution >= 4 is 34.8 Å². The number of furan rings is 1. The van der Waals surface area contributed by atoms with Gasteiger partial charge in [-0.1, -0.05) is 11.6 Å². The first-order valence-electron chi connectivity index (χ1n) is 10.9. The zero-order valence-corrected chi connectivity index (χ0v) is 20.4. The van der Waals surface area contributed by atoms with Crippen LogP contribution in [0.4, 0.5) is 11.4 Å². The number of nitrogens with one attached hydrogen (secondary N) is 1. The molecule has 10 heteroatoms. The summed E-state index contributed by atoms with van der Waals surface area (Å²) in [6, 6.07) is 11.9. The van der Waals surface area contributed by atoms with E-state index in [2.05, 4.69) is 10.2 Å². The maximum Gasteiger partial charge on any atom is 0.289 e. The summed E-state index contributed by atoms with van der Waals surface area (Å²) in [4.78, 5) is 29.2. The van der Waals surface area contributed by atoms with Gasteiger partial charge in [0.15, 0.2) is 17.3 Å². The molecule has 3 aromatic rings. The van der Waals surface area contributed by atoms with Crippen LogP contribution < -0.4 is 24.4 Å². The Morgan fingerprint density at radius 2 is 1.63 bits per heavy atom. The molecule has 1 N–H and O–H groups in total. The van der Waals surface area contributed by atoms with Crippen LogP contribution in [0.15, 0.2) is 53.1 Å². The molecule has 4 rings (SSSR count). The Hall–Kier alpha value is -3.85. The molecular formula is C25H26ClN3O6. The fourth-order valence-corrected chi connectivity index (χ4v) is 4.26. The monoisotopic (exact) mass is 499 g/mol. The third-order valence-electron chi connectivity index (χ3n) is 5.77. The van der Waals surface area contributed by atoms with E-state index in [1.165, 1.54) is 27.6 Å². The van der Waals surface area contributed by atoms with E-state index in [1.807, 2.05) is 6.07 Å². The molecule has 9 nitrogen and oxygen atoms in total. The largest absolute Gasteiger partial charge is 0.493 e. The fraction of sp³-hybridized carbons (Fsp3) is 0.280. The van der Waals surface area contributed by atoms with Crippen molar-refractivity contribution in [3.8, 4) is 17.2 Å². The van der Waals surface area contributed by atoms with Gasteiger partial charge in [0.05, 0.1) is 38.3 Å². The van der Waals surface area contributed by atoms with Gasteiger partial charge in [0, 0.05) is 37.4 Å². The highest BCUT2D eigenvalue weighted by Crippen LogP contribution is 2.38. The Morgan fingerprint density at radius 3 is 2.17 bits per heavy atom. The van der Waals surface area contributed by atoms with Crippen LogP contribution in [-0.4, -0.2) is 64.2 Å². The van der Waals surface area contributed by atoms with E-state index < -0.39 is 0 Å². The van der Waals surface area contributed by atoms with Gasteiger partial charge in [-0.15, -0.1) is 0 Å². The molecule has 0 bridgehead atoms. The average molecular weight is 500 g/mol. The second-order valence-corrected chi connectivity index (χ2v) is 8.20. The molecule has 0 unspecified atom stereocenters. The quantitative estimate of drug-likeness (QED) is 0.521. The van der Waals surface area contributed by atoms with Crippen molar-refractivity contribution < 1.29 is 28.2 Å². The van der Waals surface area contributed by atoms with E-state index >= 15 is 0 Å². The third-order valence-corrected chi connectivity index (χ3v) is 6.07. The Bertz CT molecular complexity index is 1180. The molecule has 0 saturated carbocycles. The summed E-state index contributed by atoms with van der Waals surface area (Å²) in [6.45, 7) is 2.36. The van der Waals surface area contributed by atoms with Crippen LogP contribution in [0.1, 0.15) is 20.9 Å². The van der Waals surface area contributed by atoms with E-state index in [9.17, 15) is 9.59 Å². The minimum atomic E-state index is -0.349. The molecule has 1 saturated heterocycles. The number of hydrogen-bond donors (Lipinski definition) is 1. The number of piperazine rings is 1. The molecule has 0 radical (unpaired) electrons. The molecule has 0 spiro atoms. The Balaban J connectivity index is 1.43. The third kappa shape index (κ3) is 5.14.